The molecule has 1 saturated heterocycles. The summed E-state index contributed by atoms with van der Waals surface area (Å²) in [7, 11) is 0. The number of hydrogen-bond acceptors (Lipinski definition) is 9. The van der Waals surface area contributed by atoms with Crippen LogP contribution in [0, 0.1) is 5.92 Å². The molecule has 33 heavy (non-hydrogen) atoms. The molecule has 0 aromatic carbocycles. The zero-order valence-electron chi connectivity index (χ0n) is 20.4. The Kier molecular flexibility index (Phi) is 13.5. The van der Waals surface area contributed by atoms with Gasteiger partial charge in [0.2, 0.25) is 5.91 Å². The standard InChI is InChI=1S/C23H42N2O8/c1-5-7-11-25-13-17(26)22(30)21(29)16(25)14-33-19(28)10-9-18(27)24-20(15(3)4)23(31)32-12-8-6-2/h15-17,20-22,26,29-30H,5-14H2,1-4H3,(H,24,27)/t16-,17+,20+,21-,22-/m1/s1. The molecule has 0 aromatic heterocycles. The summed E-state index contributed by atoms with van der Waals surface area (Å²) in [4.78, 5) is 38.5. The van der Waals surface area contributed by atoms with E-state index in [-0.39, 0.29) is 31.9 Å². The van der Waals surface area contributed by atoms with Gasteiger partial charge in [0.1, 0.15) is 24.9 Å². The quantitative estimate of drug-likeness (QED) is 0.207. The number of amides is 1. The van der Waals surface area contributed by atoms with Crippen molar-refractivity contribution in [3.63, 3.8) is 0 Å². The molecule has 0 aliphatic carbocycles. The van der Waals surface area contributed by atoms with Crippen molar-refractivity contribution >= 4 is 17.8 Å². The minimum absolute atomic E-state index is 0.154. The molecule has 0 saturated carbocycles. The highest BCUT2D eigenvalue weighted by Gasteiger charge is 2.41. The first-order valence-electron chi connectivity index (χ1n) is 12.0. The molecule has 1 rings (SSSR count). The molecule has 192 valence electrons. The monoisotopic (exact) mass is 474 g/mol. The third-order valence-corrected chi connectivity index (χ3v) is 5.78. The van der Waals surface area contributed by atoms with E-state index in [0.717, 1.165) is 25.7 Å². The Bertz CT molecular complexity index is 615. The van der Waals surface area contributed by atoms with Gasteiger partial charge >= 0.3 is 11.9 Å². The molecule has 0 bridgehead atoms. The molecule has 1 fully saturated rings. The number of carbonyl (C=O) groups excluding carboxylic acids is 3. The SMILES string of the molecule is CCCCOC(=O)[C@@H](NC(=O)CCC(=O)OC[C@@H]1[C@@H](O)[C@H](O)[C@@H](O)CN1CCCC)C(C)C. The van der Waals surface area contributed by atoms with Gasteiger partial charge in [0.15, 0.2) is 0 Å². The lowest BCUT2D eigenvalue weighted by Gasteiger charge is -2.43. The maximum atomic E-state index is 12.3. The summed E-state index contributed by atoms with van der Waals surface area (Å²) in [5, 5.41) is 32.9. The minimum Gasteiger partial charge on any atom is -0.464 e. The fraction of sp³-hybridized carbons (Fsp3) is 0.870. The van der Waals surface area contributed by atoms with Gasteiger partial charge in [0.05, 0.1) is 25.2 Å². The Morgan fingerprint density at radius 3 is 2.27 bits per heavy atom. The second-order valence-electron chi connectivity index (χ2n) is 8.96. The maximum absolute atomic E-state index is 12.3. The van der Waals surface area contributed by atoms with Crippen LogP contribution in [0.15, 0.2) is 0 Å². The number of carbonyl (C=O) groups is 3. The number of rotatable bonds is 14. The van der Waals surface area contributed by atoms with Crippen molar-refractivity contribution in [2.75, 3.05) is 26.3 Å². The zero-order chi connectivity index (χ0) is 25.0. The van der Waals surface area contributed by atoms with Crippen LogP contribution < -0.4 is 5.32 Å². The molecular formula is C23H42N2O8. The predicted octanol–water partition coefficient (Wildman–Crippen LogP) is 0.361. The van der Waals surface area contributed by atoms with E-state index in [0.29, 0.717) is 13.2 Å². The van der Waals surface area contributed by atoms with Crippen LogP contribution in [0.3, 0.4) is 0 Å². The smallest absolute Gasteiger partial charge is 0.328 e. The number of unbranched alkanes of at least 4 members (excludes halogenated alkanes) is 2. The number of nitrogens with one attached hydrogen (secondary N) is 1. The first kappa shape index (κ1) is 29.3. The van der Waals surface area contributed by atoms with Gasteiger partial charge in [-0.2, -0.15) is 0 Å². The zero-order valence-corrected chi connectivity index (χ0v) is 20.4. The van der Waals surface area contributed by atoms with Crippen LogP contribution >= 0.6 is 0 Å². The fourth-order valence-electron chi connectivity index (χ4n) is 3.59. The van der Waals surface area contributed by atoms with E-state index in [1.807, 2.05) is 18.7 Å². The Morgan fingerprint density at radius 1 is 1.00 bits per heavy atom. The number of aliphatic hydroxyl groups excluding tert-OH is 3. The van der Waals surface area contributed by atoms with E-state index in [1.54, 1.807) is 13.8 Å². The molecular weight excluding hydrogens is 432 g/mol. The van der Waals surface area contributed by atoms with Crippen LogP contribution in [0.5, 0.6) is 0 Å². The predicted molar refractivity (Wildman–Crippen MR) is 121 cm³/mol. The Labute approximate surface area is 196 Å². The highest BCUT2D eigenvalue weighted by Crippen LogP contribution is 2.20. The van der Waals surface area contributed by atoms with Gasteiger partial charge in [0, 0.05) is 13.0 Å². The third kappa shape index (κ3) is 9.95. The number of nitrogens with zero attached hydrogens (tertiary/aromatic N) is 1. The van der Waals surface area contributed by atoms with Crippen LogP contribution in [0.1, 0.15) is 66.2 Å². The topological polar surface area (TPSA) is 146 Å². The van der Waals surface area contributed by atoms with E-state index in [1.165, 1.54) is 0 Å². The fourth-order valence-corrected chi connectivity index (χ4v) is 3.59. The first-order valence-corrected chi connectivity index (χ1v) is 12.0. The molecule has 10 nitrogen and oxygen atoms in total. The molecule has 1 heterocycles. The van der Waals surface area contributed by atoms with Crippen molar-refractivity contribution in [1.82, 2.24) is 10.2 Å². The minimum atomic E-state index is -1.32. The number of ether oxygens (including phenoxy) is 2. The normalized spacial score (nSPS) is 24.4. The lowest BCUT2D eigenvalue weighted by atomic mass is 9.94. The average Bonchev–Trinajstić information content (AvgIpc) is 2.77. The van der Waals surface area contributed by atoms with Gasteiger partial charge in [-0.15, -0.1) is 0 Å². The summed E-state index contributed by atoms with van der Waals surface area (Å²) in [6.45, 7) is 8.50. The largest absolute Gasteiger partial charge is 0.464 e. The van der Waals surface area contributed by atoms with E-state index < -0.39 is 48.2 Å². The summed E-state index contributed by atoms with van der Waals surface area (Å²) in [6.07, 6.45) is -0.610. The summed E-state index contributed by atoms with van der Waals surface area (Å²) >= 11 is 0. The summed E-state index contributed by atoms with van der Waals surface area (Å²) < 4.78 is 10.4. The van der Waals surface area contributed by atoms with Crippen molar-refractivity contribution < 1.29 is 39.2 Å². The van der Waals surface area contributed by atoms with Gasteiger partial charge in [-0.05, 0) is 25.3 Å². The number of aliphatic hydroxyl groups is 3. The molecule has 0 radical (unpaired) electrons. The molecule has 1 aliphatic rings. The average molecular weight is 475 g/mol. The third-order valence-electron chi connectivity index (χ3n) is 5.78. The Balaban J connectivity index is 2.51. The molecule has 10 heteroatoms. The van der Waals surface area contributed by atoms with Crippen molar-refractivity contribution in [2.45, 2.75) is 96.6 Å². The molecule has 0 unspecified atom stereocenters. The van der Waals surface area contributed by atoms with E-state index >= 15 is 0 Å². The lowest BCUT2D eigenvalue weighted by Crippen LogP contribution is -2.62. The molecule has 1 amide bonds. The van der Waals surface area contributed by atoms with Gasteiger partial charge in [-0.1, -0.05) is 40.5 Å². The van der Waals surface area contributed by atoms with Crippen molar-refractivity contribution in [1.29, 1.82) is 0 Å². The molecule has 5 atom stereocenters. The van der Waals surface area contributed by atoms with Crippen molar-refractivity contribution in [3.05, 3.63) is 0 Å². The lowest BCUT2D eigenvalue weighted by molar-refractivity contribution is -0.163. The second-order valence-corrected chi connectivity index (χ2v) is 8.96. The second kappa shape index (κ2) is 15.2. The molecule has 1 aliphatic heterocycles. The summed E-state index contributed by atoms with van der Waals surface area (Å²) in [5.41, 5.74) is 0. The number of hydrogen-bond donors (Lipinski definition) is 4. The highest BCUT2D eigenvalue weighted by molar-refractivity contribution is 5.86. The Hall–Kier alpha value is -1.75. The number of piperidine rings is 1. The molecule has 0 aromatic rings. The van der Waals surface area contributed by atoms with Crippen molar-refractivity contribution in [3.8, 4) is 0 Å². The van der Waals surface area contributed by atoms with Crippen LogP contribution in [0.2, 0.25) is 0 Å². The number of β-amino-alcohol motifs (C(OH)–C–C–N with tert-alkyl or cyclic N) is 1. The van der Waals surface area contributed by atoms with Crippen LogP contribution in [0.25, 0.3) is 0 Å². The highest BCUT2D eigenvalue weighted by atomic mass is 16.5. The number of likely N-dealkylation sites (tertiary alicyclic amines) is 1. The van der Waals surface area contributed by atoms with Crippen LogP contribution in [-0.2, 0) is 23.9 Å². The first-order chi connectivity index (χ1) is 15.6. The van der Waals surface area contributed by atoms with E-state index in [2.05, 4.69) is 5.32 Å². The van der Waals surface area contributed by atoms with Gasteiger partial charge < -0.3 is 30.1 Å². The van der Waals surface area contributed by atoms with Crippen LogP contribution in [-0.4, -0.2) is 94.8 Å². The van der Waals surface area contributed by atoms with E-state index in [4.69, 9.17) is 9.47 Å². The van der Waals surface area contributed by atoms with Crippen LogP contribution in [0.4, 0.5) is 0 Å². The van der Waals surface area contributed by atoms with Crippen molar-refractivity contribution in [2.24, 2.45) is 5.92 Å². The molecule has 4 N–H and O–H groups in total. The summed E-state index contributed by atoms with van der Waals surface area (Å²) in [6, 6.07) is -1.43. The molecule has 0 spiro atoms. The van der Waals surface area contributed by atoms with Gasteiger partial charge in [-0.25, -0.2) is 4.79 Å². The maximum Gasteiger partial charge on any atom is 0.328 e. The summed E-state index contributed by atoms with van der Waals surface area (Å²) in [5.74, 6) is -1.74. The Morgan fingerprint density at radius 2 is 1.67 bits per heavy atom. The number of esters is 2. The van der Waals surface area contributed by atoms with Gasteiger partial charge in [-0.3, -0.25) is 14.5 Å². The van der Waals surface area contributed by atoms with Gasteiger partial charge in [0.25, 0.3) is 0 Å². The van der Waals surface area contributed by atoms with E-state index in [9.17, 15) is 29.7 Å².